The summed E-state index contributed by atoms with van der Waals surface area (Å²) in [5.41, 5.74) is 6.05. The second-order valence-electron chi connectivity index (χ2n) is 5.47. The quantitative estimate of drug-likeness (QED) is 0.797. The van der Waals surface area contributed by atoms with Crippen molar-refractivity contribution in [3.05, 3.63) is 24.0 Å². The van der Waals surface area contributed by atoms with Crippen molar-refractivity contribution in [2.24, 2.45) is 5.73 Å². The molecule has 1 saturated heterocycles. The number of ether oxygens (including phenoxy) is 1. The fourth-order valence-electron chi connectivity index (χ4n) is 2.33. The molecule has 1 aromatic rings. The molecule has 2 rings (SSSR count). The molecule has 0 aliphatic carbocycles. The monoisotopic (exact) mass is 324 g/mol. The first kappa shape index (κ1) is 17.3. The van der Waals surface area contributed by atoms with Crippen LogP contribution in [-0.4, -0.2) is 63.2 Å². The molecule has 8 heteroatoms. The van der Waals surface area contributed by atoms with Crippen molar-refractivity contribution in [3.8, 4) is 0 Å². The number of likely N-dealkylation sites (N-methyl/N-ethyl adjacent to an activating group) is 1. The molecule has 1 aliphatic rings. The lowest BCUT2D eigenvalue weighted by Gasteiger charge is -2.27. The number of amides is 2. The number of morpholine rings is 1. The van der Waals surface area contributed by atoms with Crippen LogP contribution >= 0.6 is 0 Å². The van der Waals surface area contributed by atoms with E-state index in [1.54, 1.807) is 25.1 Å². The molecule has 1 aliphatic heterocycles. The molecule has 0 aromatic heterocycles. The Balaban J connectivity index is 2.13. The Morgan fingerprint density at radius 2 is 2.26 bits per heavy atom. The first-order valence-electron chi connectivity index (χ1n) is 7.29. The van der Waals surface area contributed by atoms with E-state index >= 15 is 0 Å². The van der Waals surface area contributed by atoms with E-state index in [0.717, 1.165) is 0 Å². The summed E-state index contributed by atoms with van der Waals surface area (Å²) >= 11 is 0. The third kappa shape index (κ3) is 4.04. The van der Waals surface area contributed by atoms with E-state index in [1.165, 1.54) is 17.0 Å². The maximum atomic E-state index is 14.2. The Morgan fingerprint density at radius 3 is 2.83 bits per heavy atom. The Bertz CT molecular complexity index is 594. The van der Waals surface area contributed by atoms with Crippen LogP contribution in [0.1, 0.15) is 0 Å². The standard InChI is InChI=1S/C15H21FN4O3/c1-19(2)13(8-17)15(22)18-12-4-3-10(7-11(12)16)20-5-6-23-9-14(20)21/h3-4,7,13H,5-6,8-9,17H2,1-2H3,(H,18,22)/t13-/m0/s1. The van der Waals surface area contributed by atoms with Crippen LogP contribution in [0.5, 0.6) is 0 Å². The number of carbonyl (C=O) groups is 2. The zero-order chi connectivity index (χ0) is 17.0. The second-order valence-corrected chi connectivity index (χ2v) is 5.47. The molecule has 126 valence electrons. The highest BCUT2D eigenvalue weighted by molar-refractivity contribution is 5.97. The van der Waals surface area contributed by atoms with Crippen LogP contribution in [0.15, 0.2) is 18.2 Å². The summed E-state index contributed by atoms with van der Waals surface area (Å²) in [4.78, 5) is 27.0. The largest absolute Gasteiger partial charge is 0.370 e. The van der Waals surface area contributed by atoms with Gasteiger partial charge in [0.1, 0.15) is 18.5 Å². The maximum absolute atomic E-state index is 14.2. The number of nitrogens with one attached hydrogen (secondary N) is 1. The second kappa shape index (κ2) is 7.49. The van der Waals surface area contributed by atoms with Crippen molar-refractivity contribution in [2.45, 2.75) is 6.04 Å². The molecule has 0 spiro atoms. The summed E-state index contributed by atoms with van der Waals surface area (Å²) in [5, 5.41) is 2.52. The lowest BCUT2D eigenvalue weighted by Crippen LogP contribution is -2.45. The minimum absolute atomic E-state index is 0.0128. The zero-order valence-electron chi connectivity index (χ0n) is 13.2. The lowest BCUT2D eigenvalue weighted by atomic mass is 10.2. The molecule has 1 fully saturated rings. The lowest BCUT2D eigenvalue weighted by molar-refractivity contribution is -0.125. The maximum Gasteiger partial charge on any atom is 0.253 e. The van der Waals surface area contributed by atoms with Crippen LogP contribution in [0.3, 0.4) is 0 Å². The van der Waals surface area contributed by atoms with Gasteiger partial charge in [0.25, 0.3) is 5.91 Å². The van der Waals surface area contributed by atoms with Crippen molar-refractivity contribution >= 4 is 23.2 Å². The van der Waals surface area contributed by atoms with E-state index in [2.05, 4.69) is 5.32 Å². The SMILES string of the molecule is CN(C)[C@@H](CN)C(=O)Nc1ccc(N2CCOCC2=O)cc1F. The van der Waals surface area contributed by atoms with Crippen LogP contribution in [0.2, 0.25) is 0 Å². The zero-order valence-corrected chi connectivity index (χ0v) is 13.2. The topological polar surface area (TPSA) is 87.9 Å². The molecular formula is C15H21FN4O3. The van der Waals surface area contributed by atoms with Gasteiger partial charge in [0.15, 0.2) is 0 Å². The summed E-state index contributed by atoms with van der Waals surface area (Å²) in [7, 11) is 3.45. The van der Waals surface area contributed by atoms with Crippen molar-refractivity contribution in [1.29, 1.82) is 0 Å². The highest BCUT2D eigenvalue weighted by atomic mass is 19.1. The van der Waals surface area contributed by atoms with Crippen molar-refractivity contribution in [1.82, 2.24) is 4.90 Å². The molecule has 2 amide bonds. The third-order valence-electron chi connectivity index (χ3n) is 3.66. The normalized spacial score (nSPS) is 16.6. The van der Waals surface area contributed by atoms with Crippen LogP contribution in [0, 0.1) is 5.82 Å². The van der Waals surface area contributed by atoms with Crippen molar-refractivity contribution in [3.63, 3.8) is 0 Å². The number of halogens is 1. The number of carbonyl (C=O) groups excluding carboxylic acids is 2. The van der Waals surface area contributed by atoms with Gasteiger partial charge in [-0.05, 0) is 32.3 Å². The fraction of sp³-hybridized carbons (Fsp3) is 0.467. The number of hydrogen-bond donors (Lipinski definition) is 2. The van der Waals surface area contributed by atoms with Gasteiger partial charge in [-0.25, -0.2) is 4.39 Å². The van der Waals surface area contributed by atoms with E-state index in [4.69, 9.17) is 10.5 Å². The van der Waals surface area contributed by atoms with Crippen LogP contribution in [0.4, 0.5) is 15.8 Å². The molecule has 0 bridgehead atoms. The molecule has 1 aromatic carbocycles. The molecular weight excluding hydrogens is 303 g/mol. The molecule has 1 heterocycles. The van der Waals surface area contributed by atoms with Gasteiger partial charge in [-0.15, -0.1) is 0 Å². The van der Waals surface area contributed by atoms with Crippen LogP contribution < -0.4 is 16.0 Å². The molecule has 1 atom stereocenters. The highest BCUT2D eigenvalue weighted by Crippen LogP contribution is 2.23. The van der Waals surface area contributed by atoms with Crippen LogP contribution in [0.25, 0.3) is 0 Å². The van der Waals surface area contributed by atoms with Gasteiger partial charge < -0.3 is 20.7 Å². The van der Waals surface area contributed by atoms with E-state index < -0.39 is 11.9 Å². The van der Waals surface area contributed by atoms with Gasteiger partial charge in [0, 0.05) is 18.8 Å². The number of anilines is 2. The van der Waals surface area contributed by atoms with Gasteiger partial charge in [-0.3, -0.25) is 14.5 Å². The van der Waals surface area contributed by atoms with E-state index in [9.17, 15) is 14.0 Å². The third-order valence-corrected chi connectivity index (χ3v) is 3.66. The number of benzene rings is 1. The Labute approximate surface area is 134 Å². The molecule has 23 heavy (non-hydrogen) atoms. The van der Waals surface area contributed by atoms with Gasteiger partial charge in [0.2, 0.25) is 5.91 Å². The van der Waals surface area contributed by atoms with Gasteiger partial charge in [0.05, 0.1) is 12.3 Å². The number of nitrogens with two attached hydrogens (primary N) is 1. The number of nitrogens with zero attached hydrogens (tertiary/aromatic N) is 2. The van der Waals surface area contributed by atoms with Gasteiger partial charge in [-0.1, -0.05) is 0 Å². The van der Waals surface area contributed by atoms with Crippen molar-refractivity contribution in [2.75, 3.05) is 50.6 Å². The fourth-order valence-corrected chi connectivity index (χ4v) is 2.33. The smallest absolute Gasteiger partial charge is 0.253 e. The first-order chi connectivity index (χ1) is 10.9. The molecule has 0 saturated carbocycles. The Kier molecular flexibility index (Phi) is 5.64. The predicted molar refractivity (Wildman–Crippen MR) is 84.7 cm³/mol. The predicted octanol–water partition coefficient (Wildman–Crippen LogP) is 0.0163. The van der Waals surface area contributed by atoms with Crippen molar-refractivity contribution < 1.29 is 18.7 Å². The van der Waals surface area contributed by atoms with Gasteiger partial charge >= 0.3 is 0 Å². The Hall–Kier alpha value is -2.03. The molecule has 0 unspecified atom stereocenters. The summed E-state index contributed by atoms with van der Waals surface area (Å²) in [6, 6.07) is 3.71. The average molecular weight is 324 g/mol. The van der Waals surface area contributed by atoms with Gasteiger partial charge in [-0.2, -0.15) is 0 Å². The molecule has 3 N–H and O–H groups in total. The summed E-state index contributed by atoms with van der Waals surface area (Å²) in [5.74, 6) is -1.21. The molecule has 0 radical (unpaired) electrons. The van der Waals surface area contributed by atoms with E-state index in [1.807, 2.05) is 0 Å². The van der Waals surface area contributed by atoms with Crippen LogP contribution in [-0.2, 0) is 14.3 Å². The van der Waals surface area contributed by atoms with E-state index in [0.29, 0.717) is 18.8 Å². The first-order valence-corrected chi connectivity index (χ1v) is 7.29. The Morgan fingerprint density at radius 1 is 1.52 bits per heavy atom. The summed E-state index contributed by atoms with van der Waals surface area (Å²) in [6.45, 7) is 0.897. The number of rotatable bonds is 5. The average Bonchev–Trinajstić information content (AvgIpc) is 2.50. The van der Waals surface area contributed by atoms with E-state index in [-0.39, 0.29) is 30.7 Å². The summed E-state index contributed by atoms with van der Waals surface area (Å²) in [6.07, 6.45) is 0. The minimum Gasteiger partial charge on any atom is -0.370 e. The number of hydrogen-bond acceptors (Lipinski definition) is 5. The minimum atomic E-state index is -0.607. The summed E-state index contributed by atoms with van der Waals surface area (Å²) < 4.78 is 19.3. The highest BCUT2D eigenvalue weighted by Gasteiger charge is 2.23. The molecule has 7 nitrogen and oxygen atoms in total.